The third-order valence-electron chi connectivity index (χ3n) is 7.15. The molecule has 1 aliphatic rings. The topological polar surface area (TPSA) is 190 Å². The van der Waals surface area contributed by atoms with Gasteiger partial charge in [-0.2, -0.15) is 8.42 Å². The van der Waals surface area contributed by atoms with E-state index >= 15 is 0 Å². The van der Waals surface area contributed by atoms with Crippen molar-refractivity contribution in [2.75, 3.05) is 26.7 Å². The maximum absolute atomic E-state index is 13.0. The van der Waals surface area contributed by atoms with Gasteiger partial charge in [0, 0.05) is 52.5 Å². The maximum atomic E-state index is 13.0. The lowest BCUT2D eigenvalue weighted by Crippen LogP contribution is -2.44. The van der Waals surface area contributed by atoms with Crippen LogP contribution in [0.5, 0.6) is 5.75 Å². The Morgan fingerprint density at radius 1 is 0.929 bits per heavy atom. The number of carbonyl (C=O) groups is 2. The monoisotopic (exact) mass is 640 g/mol. The summed E-state index contributed by atoms with van der Waals surface area (Å²) in [4.78, 5) is 26.7. The van der Waals surface area contributed by atoms with Gasteiger partial charge in [0.25, 0.3) is 16.0 Å². The lowest BCUT2D eigenvalue weighted by molar-refractivity contribution is -0.432. The molecule has 0 atom stereocenters. The molecule has 0 radical (unpaired) electrons. The normalized spacial score (nSPS) is 14.7. The molecule has 1 fully saturated rings. The highest BCUT2D eigenvalue weighted by molar-refractivity contribution is 7.95. The van der Waals surface area contributed by atoms with E-state index in [1.54, 1.807) is 36.2 Å². The Labute approximate surface area is 247 Å². The molecule has 1 aliphatic heterocycles. The largest absolute Gasteiger partial charge is 0.483 e. The molecule has 0 aromatic heterocycles. The lowest BCUT2D eigenvalue weighted by atomic mass is 9.93. The number of amides is 2. The minimum absolute atomic E-state index is 0.0553. The van der Waals surface area contributed by atoms with Gasteiger partial charge in [-0.25, -0.2) is 10.5 Å². The number of hydrogen-bond acceptors (Lipinski definition) is 13. The van der Waals surface area contributed by atoms with Gasteiger partial charge in [0.05, 0.1) is 29.0 Å². The Bertz CT molecular complexity index is 1740. The molecule has 4 aromatic carbocycles. The van der Waals surface area contributed by atoms with Gasteiger partial charge in [0.1, 0.15) is 10.6 Å². The minimum atomic E-state index is -4.72. The fraction of sp³-hybridized carbons (Fsp3) is 0.280. The van der Waals surface area contributed by atoms with Crippen LogP contribution in [-0.2, 0) is 38.5 Å². The van der Waals surface area contributed by atoms with Crippen LogP contribution in [0.1, 0.15) is 12.8 Å². The van der Waals surface area contributed by atoms with Crippen LogP contribution < -0.4 is 10.1 Å². The number of nitrogens with one attached hydrogen (secondary N) is 1. The molecule has 0 bridgehead atoms. The van der Waals surface area contributed by atoms with E-state index in [-0.39, 0.29) is 40.4 Å². The van der Waals surface area contributed by atoms with Crippen LogP contribution in [0.25, 0.3) is 32.3 Å². The number of benzene rings is 4. The third kappa shape index (κ3) is 5.93. The first-order valence-corrected chi connectivity index (χ1v) is 15.3. The van der Waals surface area contributed by atoms with Crippen molar-refractivity contribution in [3.63, 3.8) is 0 Å². The van der Waals surface area contributed by atoms with Crippen LogP contribution in [0.3, 0.4) is 0 Å². The van der Waals surface area contributed by atoms with E-state index in [4.69, 9.17) is 15.3 Å². The highest BCUT2D eigenvalue weighted by Gasteiger charge is 2.28. The van der Waals surface area contributed by atoms with Crippen molar-refractivity contribution in [3.8, 4) is 5.75 Å². The molecule has 0 unspecified atom stereocenters. The van der Waals surface area contributed by atoms with Crippen molar-refractivity contribution < 1.29 is 56.6 Å². The average Bonchev–Trinajstić information content (AvgIpc) is 2.99. The summed E-state index contributed by atoms with van der Waals surface area (Å²) in [7, 11) is -3.14. The second kappa shape index (κ2) is 12.7. The van der Waals surface area contributed by atoms with E-state index in [1.165, 1.54) is 12.1 Å². The van der Waals surface area contributed by atoms with Gasteiger partial charge in [0.2, 0.25) is 5.91 Å². The summed E-state index contributed by atoms with van der Waals surface area (Å²) in [6.07, 6.45) is 1.07. The minimum Gasteiger partial charge on any atom is -0.483 e. The van der Waals surface area contributed by atoms with Gasteiger partial charge in [-0.1, -0.05) is 28.3 Å². The summed E-state index contributed by atoms with van der Waals surface area (Å²) in [5, 5.41) is 30.2. The molecule has 1 heterocycles. The predicted molar refractivity (Wildman–Crippen MR) is 150 cm³/mol. The van der Waals surface area contributed by atoms with Gasteiger partial charge >= 0.3 is 0 Å². The fourth-order valence-corrected chi connectivity index (χ4v) is 7.10. The molecule has 2 amide bonds. The standard InChI is InChI=1S/C25H24N2O12S3/c1-26-25(29)13-6-8-27(9-7-13)22(28)12-35-18-10-19(40-38-36-30)15-3-4-16-20(41-39-37-31)11-21(42(32,33)34)17-5-2-14(18)23(15)24(16)17/h2-5,10-11,13,30-31H,6-9,12H2,1H3,(H,26,29)(H,32,33,34). The zero-order valence-electron chi connectivity index (χ0n) is 21.8. The number of carbonyl (C=O) groups excluding carboxylic acids is 2. The second-order valence-electron chi connectivity index (χ2n) is 9.30. The Morgan fingerprint density at radius 2 is 1.48 bits per heavy atom. The zero-order valence-corrected chi connectivity index (χ0v) is 24.2. The summed E-state index contributed by atoms with van der Waals surface area (Å²) in [5.41, 5.74) is 0. The summed E-state index contributed by atoms with van der Waals surface area (Å²) >= 11 is 1.17. The summed E-state index contributed by atoms with van der Waals surface area (Å²) < 4.78 is 50.0. The molecular weight excluding hydrogens is 616 g/mol. The van der Waals surface area contributed by atoms with E-state index < -0.39 is 15.0 Å². The van der Waals surface area contributed by atoms with Gasteiger partial charge in [0.15, 0.2) is 6.61 Å². The number of ether oxygens (including phenoxy) is 1. The van der Waals surface area contributed by atoms with Gasteiger partial charge in [-0.3, -0.25) is 14.1 Å². The molecule has 0 spiro atoms. The number of nitrogens with zero attached hydrogens (tertiary/aromatic N) is 1. The SMILES string of the molecule is CNC(=O)C1CCN(C(=O)COc2cc(SOOO)c3ccc4c(SOOO)cc(S(=O)(=O)O)c5ccc2c3c45)CC1. The van der Waals surface area contributed by atoms with Crippen LogP contribution in [0, 0.1) is 5.92 Å². The fourth-order valence-electron chi connectivity index (χ4n) is 5.27. The summed E-state index contributed by atoms with van der Waals surface area (Å²) in [6.45, 7) is 0.481. The van der Waals surface area contributed by atoms with Crippen LogP contribution in [0.2, 0.25) is 0 Å². The molecule has 14 nitrogen and oxygen atoms in total. The molecule has 0 aliphatic carbocycles. The summed E-state index contributed by atoms with van der Waals surface area (Å²) in [5.74, 6) is -0.249. The molecule has 224 valence electrons. The van der Waals surface area contributed by atoms with Crippen LogP contribution >= 0.6 is 24.1 Å². The first-order valence-electron chi connectivity index (χ1n) is 12.4. The maximum Gasteiger partial charge on any atom is 0.295 e. The number of likely N-dealkylation sites (tertiary alicyclic amines) is 1. The van der Waals surface area contributed by atoms with E-state index in [0.29, 0.717) is 81.8 Å². The van der Waals surface area contributed by atoms with Gasteiger partial charge in [-0.15, -0.1) is 8.67 Å². The van der Waals surface area contributed by atoms with Crippen molar-refractivity contribution in [1.29, 1.82) is 0 Å². The predicted octanol–water partition coefficient (Wildman–Crippen LogP) is 4.05. The van der Waals surface area contributed by atoms with Crippen molar-refractivity contribution in [2.45, 2.75) is 27.5 Å². The Morgan fingerprint density at radius 3 is 2.05 bits per heavy atom. The van der Waals surface area contributed by atoms with E-state index in [0.717, 1.165) is 0 Å². The quantitative estimate of drug-likeness (QED) is 0.0604. The molecule has 17 heteroatoms. The Balaban J connectivity index is 1.59. The summed E-state index contributed by atoms with van der Waals surface area (Å²) in [6, 6.07) is 9.24. The van der Waals surface area contributed by atoms with Crippen LogP contribution in [0.15, 0.2) is 51.1 Å². The molecule has 4 N–H and O–H groups in total. The number of hydrogen-bond donors (Lipinski definition) is 4. The average molecular weight is 641 g/mol. The molecule has 42 heavy (non-hydrogen) atoms. The number of piperidine rings is 1. The molecule has 5 rings (SSSR count). The third-order valence-corrected chi connectivity index (χ3v) is 9.34. The molecule has 0 saturated carbocycles. The highest BCUT2D eigenvalue weighted by Crippen LogP contribution is 2.47. The Hall–Kier alpha value is -2.97. The second-order valence-corrected chi connectivity index (χ2v) is 12.2. The van der Waals surface area contributed by atoms with Crippen LogP contribution in [-0.4, -0.2) is 66.9 Å². The smallest absolute Gasteiger partial charge is 0.295 e. The van der Waals surface area contributed by atoms with E-state index in [1.807, 2.05) is 0 Å². The van der Waals surface area contributed by atoms with Crippen LogP contribution in [0.4, 0.5) is 0 Å². The lowest BCUT2D eigenvalue weighted by Gasteiger charge is -2.31. The Kier molecular flexibility index (Phi) is 9.23. The molecular formula is C25H24N2O12S3. The highest BCUT2D eigenvalue weighted by atomic mass is 32.2. The number of rotatable bonds is 11. The zero-order chi connectivity index (χ0) is 30.0. The van der Waals surface area contributed by atoms with E-state index in [9.17, 15) is 22.6 Å². The first kappa shape index (κ1) is 30.5. The first-order chi connectivity index (χ1) is 20.2. The van der Waals surface area contributed by atoms with Crippen molar-refractivity contribution in [2.24, 2.45) is 5.92 Å². The van der Waals surface area contributed by atoms with Gasteiger partial charge < -0.3 is 15.0 Å². The van der Waals surface area contributed by atoms with Crippen molar-refractivity contribution in [1.82, 2.24) is 10.2 Å². The van der Waals surface area contributed by atoms with Gasteiger partial charge in [-0.05, 0) is 41.8 Å². The van der Waals surface area contributed by atoms with E-state index in [2.05, 4.69) is 24.1 Å². The molecule has 4 aromatic rings. The van der Waals surface area contributed by atoms with Crippen molar-refractivity contribution in [3.05, 3.63) is 36.4 Å². The molecule has 1 saturated heterocycles. The van der Waals surface area contributed by atoms with Crippen molar-refractivity contribution >= 4 is 78.3 Å².